The standard InChI is InChI=1S/C27H35Cl2N3O2S/c1-4-25(33)31(3)19-26(30-2,21-9-10-23(28)24(29)17-21)11-14-32-15-12-27(13-16-32)22-8-6-5-7-20(22)18-35(27)34/h5-10,17,30H,4,11-16,18-19H2,1-3H3/t26-,35?/m1/s1. The Bertz CT molecular complexity index is 1100. The summed E-state index contributed by atoms with van der Waals surface area (Å²) in [6, 6.07) is 14.2. The molecule has 1 saturated heterocycles. The Morgan fingerprint density at radius 1 is 1.17 bits per heavy atom. The molecule has 1 unspecified atom stereocenters. The molecule has 2 aromatic carbocycles. The van der Waals surface area contributed by atoms with Gasteiger partial charge in [0, 0.05) is 43.1 Å². The molecule has 2 aliphatic heterocycles. The maximum Gasteiger partial charge on any atom is 0.222 e. The highest BCUT2D eigenvalue weighted by Gasteiger charge is 2.47. The van der Waals surface area contributed by atoms with Crippen LogP contribution in [0.15, 0.2) is 42.5 Å². The summed E-state index contributed by atoms with van der Waals surface area (Å²) >= 11 is 12.6. The monoisotopic (exact) mass is 535 g/mol. The minimum atomic E-state index is -0.861. The van der Waals surface area contributed by atoms with Crippen LogP contribution in [0.25, 0.3) is 0 Å². The van der Waals surface area contributed by atoms with E-state index in [1.165, 1.54) is 11.1 Å². The van der Waals surface area contributed by atoms with E-state index in [4.69, 9.17) is 23.2 Å². The highest BCUT2D eigenvalue weighted by molar-refractivity contribution is 7.85. The van der Waals surface area contributed by atoms with E-state index in [1.54, 1.807) is 4.90 Å². The van der Waals surface area contributed by atoms with E-state index in [0.717, 1.165) is 44.5 Å². The Balaban J connectivity index is 1.51. The summed E-state index contributed by atoms with van der Waals surface area (Å²) in [5.41, 5.74) is 3.09. The number of benzene rings is 2. The summed E-state index contributed by atoms with van der Waals surface area (Å²) in [6.45, 7) is 5.09. The van der Waals surface area contributed by atoms with Crippen LogP contribution in [0, 0.1) is 0 Å². The van der Waals surface area contributed by atoms with Gasteiger partial charge in [-0.1, -0.05) is 60.5 Å². The van der Waals surface area contributed by atoms with Crippen molar-refractivity contribution in [2.24, 2.45) is 0 Å². The fourth-order valence-corrected chi connectivity index (χ4v) is 7.89. The first-order valence-electron chi connectivity index (χ1n) is 12.3. The zero-order valence-electron chi connectivity index (χ0n) is 20.8. The van der Waals surface area contributed by atoms with Crippen molar-refractivity contribution in [3.8, 4) is 0 Å². The van der Waals surface area contributed by atoms with Gasteiger partial charge >= 0.3 is 0 Å². The third kappa shape index (κ3) is 5.19. The molecular formula is C27H35Cl2N3O2S. The Morgan fingerprint density at radius 3 is 2.54 bits per heavy atom. The second-order valence-electron chi connectivity index (χ2n) is 9.80. The first-order valence-corrected chi connectivity index (χ1v) is 14.4. The van der Waals surface area contributed by atoms with Crippen molar-refractivity contribution in [3.63, 3.8) is 0 Å². The molecule has 0 aromatic heterocycles. The Morgan fingerprint density at radius 2 is 1.89 bits per heavy atom. The van der Waals surface area contributed by atoms with E-state index < -0.39 is 16.3 Å². The van der Waals surface area contributed by atoms with Gasteiger partial charge in [-0.15, -0.1) is 0 Å². The highest BCUT2D eigenvalue weighted by Crippen LogP contribution is 2.46. The lowest BCUT2D eigenvalue weighted by atomic mass is 9.84. The maximum absolute atomic E-state index is 13.2. The lowest BCUT2D eigenvalue weighted by Crippen LogP contribution is -2.52. The molecule has 2 aliphatic rings. The summed E-state index contributed by atoms with van der Waals surface area (Å²) < 4.78 is 13.0. The maximum atomic E-state index is 13.2. The van der Waals surface area contributed by atoms with Crippen molar-refractivity contribution in [2.45, 2.75) is 48.6 Å². The number of nitrogens with one attached hydrogen (secondary N) is 1. The molecule has 1 N–H and O–H groups in total. The molecule has 190 valence electrons. The van der Waals surface area contributed by atoms with Gasteiger partial charge in [0.1, 0.15) is 0 Å². The Labute approximate surface area is 221 Å². The average molecular weight is 537 g/mol. The number of fused-ring (bicyclic) bond motifs is 2. The van der Waals surface area contributed by atoms with Crippen LogP contribution >= 0.6 is 23.2 Å². The minimum absolute atomic E-state index is 0.104. The van der Waals surface area contributed by atoms with Gasteiger partial charge in [0.25, 0.3) is 0 Å². The highest BCUT2D eigenvalue weighted by atomic mass is 35.5. The van der Waals surface area contributed by atoms with Gasteiger partial charge in [-0.25, -0.2) is 0 Å². The number of likely N-dealkylation sites (N-methyl/N-ethyl adjacent to an activating group) is 2. The second-order valence-corrected chi connectivity index (χ2v) is 12.4. The lowest BCUT2D eigenvalue weighted by Gasteiger charge is -2.42. The molecule has 2 heterocycles. The van der Waals surface area contributed by atoms with Crippen LogP contribution in [0.4, 0.5) is 0 Å². The molecule has 0 bridgehead atoms. The first-order chi connectivity index (χ1) is 16.7. The molecule has 1 amide bonds. The molecule has 35 heavy (non-hydrogen) atoms. The van der Waals surface area contributed by atoms with Crippen molar-refractivity contribution >= 4 is 39.9 Å². The molecule has 0 saturated carbocycles. The number of piperidine rings is 1. The van der Waals surface area contributed by atoms with Crippen LogP contribution in [-0.4, -0.2) is 60.2 Å². The summed E-state index contributed by atoms with van der Waals surface area (Å²) in [7, 11) is 2.93. The topological polar surface area (TPSA) is 52.7 Å². The number of halogens is 2. The van der Waals surface area contributed by atoms with Gasteiger partial charge in [-0.05, 0) is 68.2 Å². The third-order valence-electron chi connectivity index (χ3n) is 7.94. The van der Waals surface area contributed by atoms with Crippen molar-refractivity contribution in [1.29, 1.82) is 0 Å². The van der Waals surface area contributed by atoms with E-state index in [0.29, 0.717) is 28.8 Å². The Hall–Kier alpha value is -1.44. The van der Waals surface area contributed by atoms with E-state index in [1.807, 2.05) is 45.3 Å². The van der Waals surface area contributed by atoms with Crippen LogP contribution in [0.5, 0.6) is 0 Å². The number of hydrogen-bond donors (Lipinski definition) is 1. The van der Waals surface area contributed by atoms with Gasteiger partial charge in [-0.2, -0.15) is 0 Å². The number of rotatable bonds is 8. The van der Waals surface area contributed by atoms with Gasteiger partial charge < -0.3 is 15.1 Å². The molecule has 4 rings (SSSR count). The molecule has 8 heteroatoms. The molecule has 0 radical (unpaired) electrons. The Kier molecular flexibility index (Phi) is 8.29. The number of amides is 1. The fourth-order valence-electron chi connectivity index (χ4n) is 5.70. The van der Waals surface area contributed by atoms with Gasteiger partial charge in [0.2, 0.25) is 5.91 Å². The fraction of sp³-hybridized carbons (Fsp3) is 0.519. The summed E-state index contributed by atoms with van der Waals surface area (Å²) in [5.74, 6) is 0.778. The van der Waals surface area contributed by atoms with Gasteiger partial charge in [0.05, 0.1) is 20.3 Å². The predicted molar refractivity (Wildman–Crippen MR) is 145 cm³/mol. The van der Waals surface area contributed by atoms with Gasteiger partial charge in [-0.3, -0.25) is 9.00 Å². The van der Waals surface area contributed by atoms with Crippen molar-refractivity contribution in [2.75, 3.05) is 40.3 Å². The van der Waals surface area contributed by atoms with E-state index in [2.05, 4.69) is 28.4 Å². The number of carbonyl (C=O) groups excluding carboxylic acids is 1. The SMILES string of the molecule is CCC(=O)N(C)C[C@@](CCN1CCC2(CC1)c1ccccc1CS2=O)(NC)c1ccc(Cl)c(Cl)c1. The largest absolute Gasteiger partial charge is 0.344 e. The van der Waals surface area contributed by atoms with Crippen LogP contribution in [0.3, 0.4) is 0 Å². The molecule has 1 fully saturated rings. The third-order valence-corrected chi connectivity index (χ3v) is 10.7. The lowest BCUT2D eigenvalue weighted by molar-refractivity contribution is -0.130. The number of likely N-dealkylation sites (tertiary alicyclic amines) is 1. The van der Waals surface area contributed by atoms with Crippen molar-refractivity contribution in [1.82, 2.24) is 15.1 Å². The summed E-state index contributed by atoms with van der Waals surface area (Å²) in [5, 5.41) is 4.55. The minimum Gasteiger partial charge on any atom is -0.344 e. The van der Waals surface area contributed by atoms with Crippen LogP contribution in [0.2, 0.25) is 10.0 Å². The molecule has 1 spiro atoms. The average Bonchev–Trinajstić information content (AvgIpc) is 3.14. The first kappa shape index (κ1) is 26.6. The predicted octanol–water partition coefficient (Wildman–Crippen LogP) is 4.92. The van der Waals surface area contributed by atoms with Gasteiger partial charge in [0.15, 0.2) is 0 Å². The molecule has 0 aliphatic carbocycles. The molecular weight excluding hydrogens is 501 g/mol. The quantitative estimate of drug-likeness (QED) is 0.521. The van der Waals surface area contributed by atoms with E-state index in [-0.39, 0.29) is 10.7 Å². The van der Waals surface area contributed by atoms with E-state index in [9.17, 15) is 9.00 Å². The van der Waals surface area contributed by atoms with Crippen LogP contribution in [0.1, 0.15) is 49.3 Å². The second kappa shape index (κ2) is 10.9. The van der Waals surface area contributed by atoms with Crippen LogP contribution < -0.4 is 5.32 Å². The number of hydrogen-bond acceptors (Lipinski definition) is 4. The zero-order valence-corrected chi connectivity index (χ0v) is 23.1. The molecule has 2 atom stereocenters. The normalized spacial score (nSPS) is 21.0. The van der Waals surface area contributed by atoms with Crippen LogP contribution in [-0.2, 0) is 31.6 Å². The van der Waals surface area contributed by atoms with E-state index >= 15 is 0 Å². The zero-order chi connectivity index (χ0) is 25.2. The molecule has 2 aromatic rings. The smallest absolute Gasteiger partial charge is 0.222 e. The number of carbonyl (C=O) groups is 1. The van der Waals surface area contributed by atoms with Crippen molar-refractivity contribution < 1.29 is 9.00 Å². The number of nitrogens with zero attached hydrogens (tertiary/aromatic N) is 2. The summed E-state index contributed by atoms with van der Waals surface area (Å²) in [6.07, 6.45) is 3.08. The molecule has 5 nitrogen and oxygen atoms in total. The summed E-state index contributed by atoms with van der Waals surface area (Å²) in [4.78, 5) is 16.7. The van der Waals surface area contributed by atoms with Crippen molar-refractivity contribution in [3.05, 3.63) is 69.2 Å².